The van der Waals surface area contributed by atoms with Crippen LogP contribution in [-0.4, -0.2) is 16.3 Å². The number of nitrogens with zero attached hydrogens (tertiary/aromatic N) is 1. The molecule has 0 atom stereocenters. The standard InChI is InChI=1S/C17H13NO3S/c1-11-2-4-12(5-3-11)10-15-16(20)18(17(21)22-15)13-6-8-14(19)9-7-13/h2-10,19H,1H3/b15-10-. The van der Waals surface area contributed by atoms with Crippen LogP contribution in [0.4, 0.5) is 10.5 Å². The van der Waals surface area contributed by atoms with E-state index in [0.717, 1.165) is 27.8 Å². The molecule has 1 N–H and O–H groups in total. The highest BCUT2D eigenvalue weighted by atomic mass is 32.2. The van der Waals surface area contributed by atoms with Gasteiger partial charge in [-0.15, -0.1) is 0 Å². The molecule has 0 unspecified atom stereocenters. The molecule has 2 aromatic carbocycles. The molecule has 1 fully saturated rings. The number of aromatic hydroxyl groups is 1. The summed E-state index contributed by atoms with van der Waals surface area (Å²) in [6.45, 7) is 1.99. The van der Waals surface area contributed by atoms with E-state index in [0.29, 0.717) is 10.6 Å². The van der Waals surface area contributed by atoms with Crippen molar-refractivity contribution in [3.8, 4) is 5.75 Å². The van der Waals surface area contributed by atoms with Crippen molar-refractivity contribution in [3.05, 3.63) is 64.6 Å². The number of hydrogen-bond acceptors (Lipinski definition) is 4. The molecule has 1 heterocycles. The lowest BCUT2D eigenvalue weighted by Crippen LogP contribution is -2.27. The maximum Gasteiger partial charge on any atom is 0.298 e. The fourth-order valence-corrected chi connectivity index (χ4v) is 2.95. The van der Waals surface area contributed by atoms with Crippen molar-refractivity contribution in [2.75, 3.05) is 4.90 Å². The summed E-state index contributed by atoms with van der Waals surface area (Å²) in [6.07, 6.45) is 1.71. The second-order valence-corrected chi connectivity index (χ2v) is 5.94. The van der Waals surface area contributed by atoms with Crippen molar-refractivity contribution in [1.29, 1.82) is 0 Å². The second-order valence-electron chi connectivity index (χ2n) is 4.94. The van der Waals surface area contributed by atoms with E-state index >= 15 is 0 Å². The lowest BCUT2D eigenvalue weighted by atomic mass is 10.1. The molecule has 0 saturated carbocycles. The van der Waals surface area contributed by atoms with Gasteiger partial charge in [0.25, 0.3) is 11.1 Å². The van der Waals surface area contributed by atoms with Crippen LogP contribution in [0, 0.1) is 6.92 Å². The van der Waals surface area contributed by atoms with Crippen molar-refractivity contribution < 1.29 is 14.7 Å². The van der Waals surface area contributed by atoms with Gasteiger partial charge in [-0.1, -0.05) is 29.8 Å². The lowest BCUT2D eigenvalue weighted by molar-refractivity contribution is -0.113. The summed E-state index contributed by atoms with van der Waals surface area (Å²) in [4.78, 5) is 26.0. The summed E-state index contributed by atoms with van der Waals surface area (Å²) in [6, 6.07) is 13.7. The number of aryl methyl sites for hydroxylation is 1. The van der Waals surface area contributed by atoms with Gasteiger partial charge in [-0.05, 0) is 54.6 Å². The zero-order chi connectivity index (χ0) is 15.7. The molecule has 2 amide bonds. The van der Waals surface area contributed by atoms with E-state index < -0.39 is 0 Å². The number of phenols is 1. The topological polar surface area (TPSA) is 57.6 Å². The molecule has 0 aliphatic carbocycles. The average Bonchev–Trinajstić information content (AvgIpc) is 2.77. The molecule has 3 rings (SSSR count). The number of phenolic OH excluding ortho intramolecular Hbond substituents is 1. The van der Waals surface area contributed by atoms with Crippen molar-refractivity contribution in [2.24, 2.45) is 0 Å². The number of anilines is 1. The highest BCUT2D eigenvalue weighted by molar-refractivity contribution is 8.19. The summed E-state index contributed by atoms with van der Waals surface area (Å²) in [5, 5.41) is 8.96. The number of thioether (sulfide) groups is 1. The summed E-state index contributed by atoms with van der Waals surface area (Å²) in [5.74, 6) is -0.257. The Morgan fingerprint density at radius 1 is 1.00 bits per heavy atom. The van der Waals surface area contributed by atoms with E-state index in [9.17, 15) is 14.7 Å². The smallest absolute Gasteiger partial charge is 0.298 e. The van der Waals surface area contributed by atoms with Crippen LogP contribution in [-0.2, 0) is 4.79 Å². The van der Waals surface area contributed by atoms with Crippen LogP contribution in [0.2, 0.25) is 0 Å². The van der Waals surface area contributed by atoms with Crippen LogP contribution in [0.1, 0.15) is 11.1 Å². The first-order valence-corrected chi connectivity index (χ1v) is 7.50. The average molecular weight is 311 g/mol. The molecular formula is C17H13NO3S. The zero-order valence-corrected chi connectivity index (χ0v) is 12.6. The molecule has 1 aliphatic rings. The predicted octanol–water partition coefficient (Wildman–Crippen LogP) is 3.94. The Balaban J connectivity index is 1.91. The van der Waals surface area contributed by atoms with Crippen LogP contribution >= 0.6 is 11.8 Å². The molecule has 4 nitrogen and oxygen atoms in total. The van der Waals surface area contributed by atoms with Crippen molar-refractivity contribution in [2.45, 2.75) is 6.92 Å². The highest BCUT2D eigenvalue weighted by Crippen LogP contribution is 2.36. The Kier molecular flexibility index (Phi) is 3.73. The van der Waals surface area contributed by atoms with Crippen LogP contribution < -0.4 is 4.90 Å². The maximum atomic E-state index is 12.4. The summed E-state index contributed by atoms with van der Waals surface area (Å²) in [7, 11) is 0. The minimum Gasteiger partial charge on any atom is -0.508 e. The Morgan fingerprint density at radius 3 is 2.27 bits per heavy atom. The molecule has 0 spiro atoms. The van der Waals surface area contributed by atoms with Gasteiger partial charge >= 0.3 is 0 Å². The van der Waals surface area contributed by atoms with E-state index in [2.05, 4.69) is 0 Å². The molecule has 0 radical (unpaired) electrons. The van der Waals surface area contributed by atoms with E-state index in [-0.39, 0.29) is 16.9 Å². The van der Waals surface area contributed by atoms with E-state index in [1.807, 2.05) is 31.2 Å². The fraction of sp³-hybridized carbons (Fsp3) is 0.0588. The van der Waals surface area contributed by atoms with E-state index in [1.165, 1.54) is 12.1 Å². The molecule has 110 valence electrons. The second kappa shape index (κ2) is 5.69. The van der Waals surface area contributed by atoms with Gasteiger partial charge in [0, 0.05) is 0 Å². The Bertz CT molecular complexity index is 763. The molecule has 22 heavy (non-hydrogen) atoms. The van der Waals surface area contributed by atoms with Gasteiger partial charge in [-0.3, -0.25) is 9.59 Å². The Labute approximate surface area is 132 Å². The van der Waals surface area contributed by atoms with Crippen molar-refractivity contribution >= 4 is 34.7 Å². The minimum absolute atomic E-state index is 0.0888. The van der Waals surface area contributed by atoms with Gasteiger partial charge in [-0.2, -0.15) is 0 Å². The van der Waals surface area contributed by atoms with Gasteiger partial charge in [0.15, 0.2) is 0 Å². The SMILES string of the molecule is Cc1ccc(/C=C2\SC(=O)N(c3ccc(O)cc3)C2=O)cc1. The van der Waals surface area contributed by atoms with Gasteiger partial charge in [0.2, 0.25) is 0 Å². The summed E-state index contributed by atoms with van der Waals surface area (Å²) < 4.78 is 0. The summed E-state index contributed by atoms with van der Waals surface area (Å²) in [5.41, 5.74) is 2.46. The third-order valence-corrected chi connectivity index (χ3v) is 4.15. The number of benzene rings is 2. The van der Waals surface area contributed by atoms with Gasteiger partial charge in [0.05, 0.1) is 10.6 Å². The highest BCUT2D eigenvalue weighted by Gasteiger charge is 2.36. The predicted molar refractivity (Wildman–Crippen MR) is 87.7 cm³/mol. The first-order valence-electron chi connectivity index (χ1n) is 6.68. The van der Waals surface area contributed by atoms with Crippen molar-refractivity contribution in [3.63, 3.8) is 0 Å². The monoisotopic (exact) mass is 311 g/mol. The summed E-state index contributed by atoms with van der Waals surface area (Å²) >= 11 is 0.916. The third-order valence-electron chi connectivity index (χ3n) is 3.28. The van der Waals surface area contributed by atoms with Crippen LogP contribution in [0.25, 0.3) is 6.08 Å². The normalized spacial score (nSPS) is 16.6. The Morgan fingerprint density at radius 2 is 1.64 bits per heavy atom. The molecular weight excluding hydrogens is 298 g/mol. The zero-order valence-electron chi connectivity index (χ0n) is 11.8. The number of amides is 2. The number of carbonyl (C=O) groups excluding carboxylic acids is 2. The lowest BCUT2D eigenvalue weighted by Gasteiger charge is -2.12. The van der Waals surface area contributed by atoms with Crippen LogP contribution in [0.3, 0.4) is 0 Å². The largest absolute Gasteiger partial charge is 0.508 e. The van der Waals surface area contributed by atoms with Crippen LogP contribution in [0.15, 0.2) is 53.4 Å². The molecule has 1 saturated heterocycles. The molecule has 0 aromatic heterocycles. The molecule has 1 aliphatic heterocycles. The molecule has 2 aromatic rings. The van der Waals surface area contributed by atoms with E-state index in [4.69, 9.17) is 0 Å². The first kappa shape index (κ1) is 14.4. The number of imide groups is 1. The first-order chi connectivity index (χ1) is 10.5. The van der Waals surface area contributed by atoms with Gasteiger partial charge < -0.3 is 5.11 Å². The van der Waals surface area contributed by atoms with Gasteiger partial charge in [0.1, 0.15) is 5.75 Å². The molecule has 5 heteroatoms. The quantitative estimate of drug-likeness (QED) is 0.853. The van der Waals surface area contributed by atoms with Crippen molar-refractivity contribution in [1.82, 2.24) is 0 Å². The number of rotatable bonds is 2. The maximum absolute atomic E-state index is 12.4. The fourth-order valence-electron chi connectivity index (χ4n) is 2.11. The number of hydrogen-bond donors (Lipinski definition) is 1. The van der Waals surface area contributed by atoms with E-state index in [1.54, 1.807) is 18.2 Å². The number of carbonyl (C=O) groups is 2. The Hall–Kier alpha value is -2.53. The van der Waals surface area contributed by atoms with Crippen LogP contribution in [0.5, 0.6) is 5.75 Å². The third kappa shape index (κ3) is 2.76. The van der Waals surface area contributed by atoms with Gasteiger partial charge in [-0.25, -0.2) is 4.90 Å². The molecule has 0 bridgehead atoms. The minimum atomic E-state index is -0.346.